The van der Waals surface area contributed by atoms with Crippen LogP contribution < -0.4 is 11.1 Å². The van der Waals surface area contributed by atoms with Crippen molar-refractivity contribution in [2.24, 2.45) is 5.73 Å². The molecule has 1 aromatic carbocycles. The Balaban J connectivity index is 2.66. The second kappa shape index (κ2) is 6.23. The maximum atomic E-state index is 11.6. The van der Waals surface area contributed by atoms with Crippen LogP contribution in [0.5, 0.6) is 0 Å². The van der Waals surface area contributed by atoms with Crippen molar-refractivity contribution < 1.29 is 4.79 Å². The van der Waals surface area contributed by atoms with E-state index in [0.29, 0.717) is 17.1 Å². The third kappa shape index (κ3) is 3.77. The first kappa shape index (κ1) is 13.5. The molecule has 0 spiro atoms. The lowest BCUT2D eigenvalue weighted by Gasteiger charge is -2.11. The zero-order valence-electron chi connectivity index (χ0n) is 8.97. The molecule has 5 heteroatoms. The van der Waals surface area contributed by atoms with Gasteiger partial charge in [0, 0.05) is 10.2 Å². The van der Waals surface area contributed by atoms with Gasteiger partial charge in [-0.05, 0) is 40.5 Å². The van der Waals surface area contributed by atoms with E-state index in [1.807, 2.05) is 6.92 Å². The Kier molecular flexibility index (Phi) is 5.25. The molecule has 0 heterocycles. The minimum Gasteiger partial charge on any atom is -0.325 e. The Bertz CT molecular complexity index is 384. The van der Waals surface area contributed by atoms with Gasteiger partial charge < -0.3 is 11.1 Å². The molecule has 0 unspecified atom stereocenters. The Morgan fingerprint density at radius 2 is 2.31 bits per heavy atom. The van der Waals surface area contributed by atoms with Crippen molar-refractivity contribution in [3.8, 4) is 0 Å². The van der Waals surface area contributed by atoms with Gasteiger partial charge in [-0.1, -0.05) is 24.9 Å². The minimum atomic E-state index is -0.459. The van der Waals surface area contributed by atoms with Crippen LogP contribution in [-0.2, 0) is 4.79 Å². The Morgan fingerprint density at radius 1 is 1.62 bits per heavy atom. The standard InChI is InChI=1S/C11H14BrClN2O/c1-2-3-10(14)11(16)15-7-4-5-9(13)8(12)6-7/h4-6,10H,2-3,14H2,1H3,(H,15,16)/t10-/m1/s1. The first-order chi connectivity index (χ1) is 7.54. The van der Waals surface area contributed by atoms with Gasteiger partial charge >= 0.3 is 0 Å². The number of nitrogens with one attached hydrogen (secondary N) is 1. The summed E-state index contributed by atoms with van der Waals surface area (Å²) < 4.78 is 0.746. The average Bonchev–Trinajstić information content (AvgIpc) is 2.24. The number of hydrogen-bond donors (Lipinski definition) is 2. The molecule has 0 saturated carbocycles. The van der Waals surface area contributed by atoms with E-state index in [4.69, 9.17) is 17.3 Å². The zero-order chi connectivity index (χ0) is 12.1. The van der Waals surface area contributed by atoms with Crippen LogP contribution in [0.2, 0.25) is 5.02 Å². The lowest BCUT2D eigenvalue weighted by atomic mass is 10.1. The second-order valence-corrected chi connectivity index (χ2v) is 4.77. The molecule has 0 saturated heterocycles. The largest absolute Gasteiger partial charge is 0.325 e. The van der Waals surface area contributed by atoms with Crippen LogP contribution in [0.1, 0.15) is 19.8 Å². The number of halogens is 2. The number of carbonyl (C=O) groups excluding carboxylic acids is 1. The zero-order valence-corrected chi connectivity index (χ0v) is 11.3. The van der Waals surface area contributed by atoms with Crippen molar-refractivity contribution in [1.29, 1.82) is 0 Å². The van der Waals surface area contributed by atoms with E-state index in [9.17, 15) is 4.79 Å². The van der Waals surface area contributed by atoms with E-state index >= 15 is 0 Å². The van der Waals surface area contributed by atoms with Crippen LogP contribution >= 0.6 is 27.5 Å². The molecular formula is C11H14BrClN2O. The van der Waals surface area contributed by atoms with E-state index in [1.54, 1.807) is 18.2 Å². The van der Waals surface area contributed by atoms with Gasteiger partial charge in [-0.15, -0.1) is 0 Å². The fourth-order valence-corrected chi connectivity index (χ4v) is 1.75. The summed E-state index contributed by atoms with van der Waals surface area (Å²) in [5.41, 5.74) is 6.38. The topological polar surface area (TPSA) is 55.1 Å². The quantitative estimate of drug-likeness (QED) is 0.897. The van der Waals surface area contributed by atoms with Crippen molar-refractivity contribution in [2.45, 2.75) is 25.8 Å². The lowest BCUT2D eigenvalue weighted by molar-refractivity contribution is -0.117. The summed E-state index contributed by atoms with van der Waals surface area (Å²) in [4.78, 5) is 11.6. The van der Waals surface area contributed by atoms with Gasteiger partial charge in [-0.25, -0.2) is 0 Å². The molecule has 0 bridgehead atoms. The fourth-order valence-electron chi connectivity index (χ4n) is 1.25. The van der Waals surface area contributed by atoms with Crippen molar-refractivity contribution >= 4 is 39.1 Å². The van der Waals surface area contributed by atoms with Gasteiger partial charge in [0.25, 0.3) is 0 Å². The summed E-state index contributed by atoms with van der Waals surface area (Å²) in [5, 5.41) is 3.35. The van der Waals surface area contributed by atoms with E-state index < -0.39 is 6.04 Å². The highest BCUT2D eigenvalue weighted by Crippen LogP contribution is 2.25. The van der Waals surface area contributed by atoms with E-state index in [-0.39, 0.29) is 5.91 Å². The smallest absolute Gasteiger partial charge is 0.241 e. The SMILES string of the molecule is CCC[C@@H](N)C(=O)Nc1ccc(Cl)c(Br)c1. The molecule has 0 radical (unpaired) electrons. The first-order valence-electron chi connectivity index (χ1n) is 5.06. The fraction of sp³-hybridized carbons (Fsp3) is 0.364. The van der Waals surface area contributed by atoms with Gasteiger partial charge in [-0.3, -0.25) is 4.79 Å². The van der Waals surface area contributed by atoms with Crippen LogP contribution in [0.4, 0.5) is 5.69 Å². The molecule has 88 valence electrons. The van der Waals surface area contributed by atoms with Gasteiger partial charge in [-0.2, -0.15) is 0 Å². The molecular weight excluding hydrogens is 291 g/mol. The van der Waals surface area contributed by atoms with E-state index in [1.165, 1.54) is 0 Å². The van der Waals surface area contributed by atoms with Crippen molar-refractivity contribution in [2.75, 3.05) is 5.32 Å². The summed E-state index contributed by atoms with van der Waals surface area (Å²) in [6, 6.07) is 4.74. The van der Waals surface area contributed by atoms with E-state index in [2.05, 4.69) is 21.2 Å². The summed E-state index contributed by atoms with van der Waals surface area (Å²) >= 11 is 9.13. The lowest BCUT2D eigenvalue weighted by Crippen LogP contribution is -2.35. The predicted octanol–water partition coefficient (Wildman–Crippen LogP) is 3.17. The van der Waals surface area contributed by atoms with Crippen molar-refractivity contribution in [3.05, 3.63) is 27.7 Å². The molecule has 16 heavy (non-hydrogen) atoms. The molecule has 0 aliphatic rings. The summed E-state index contributed by atoms with van der Waals surface area (Å²) in [6.45, 7) is 1.99. The van der Waals surface area contributed by atoms with Gasteiger partial charge in [0.1, 0.15) is 0 Å². The van der Waals surface area contributed by atoms with Crippen molar-refractivity contribution in [3.63, 3.8) is 0 Å². The average molecular weight is 306 g/mol. The van der Waals surface area contributed by atoms with E-state index in [0.717, 1.165) is 10.9 Å². The number of carbonyl (C=O) groups is 1. The molecule has 0 fully saturated rings. The number of anilines is 1. The molecule has 1 amide bonds. The third-order valence-corrected chi connectivity index (χ3v) is 3.34. The minimum absolute atomic E-state index is 0.170. The normalized spacial score (nSPS) is 12.2. The number of benzene rings is 1. The molecule has 0 aliphatic carbocycles. The number of rotatable bonds is 4. The molecule has 0 aliphatic heterocycles. The maximum absolute atomic E-state index is 11.6. The molecule has 1 aromatic rings. The van der Waals surface area contributed by atoms with Crippen LogP contribution in [0.15, 0.2) is 22.7 Å². The van der Waals surface area contributed by atoms with Crippen molar-refractivity contribution in [1.82, 2.24) is 0 Å². The van der Waals surface area contributed by atoms with Crippen LogP contribution in [0, 0.1) is 0 Å². The summed E-state index contributed by atoms with van der Waals surface area (Å²) in [6.07, 6.45) is 1.57. The summed E-state index contributed by atoms with van der Waals surface area (Å²) in [5.74, 6) is -0.170. The van der Waals surface area contributed by atoms with Gasteiger partial charge in [0.2, 0.25) is 5.91 Å². The third-order valence-electron chi connectivity index (χ3n) is 2.12. The second-order valence-electron chi connectivity index (χ2n) is 3.51. The summed E-state index contributed by atoms with van der Waals surface area (Å²) in [7, 11) is 0. The van der Waals surface area contributed by atoms with Gasteiger partial charge in [0.15, 0.2) is 0 Å². The van der Waals surface area contributed by atoms with Crippen LogP contribution in [0.3, 0.4) is 0 Å². The molecule has 1 rings (SSSR count). The highest BCUT2D eigenvalue weighted by molar-refractivity contribution is 9.10. The highest BCUT2D eigenvalue weighted by Gasteiger charge is 2.12. The van der Waals surface area contributed by atoms with Gasteiger partial charge in [0.05, 0.1) is 11.1 Å². The molecule has 1 atom stereocenters. The molecule has 3 N–H and O–H groups in total. The number of nitrogens with two attached hydrogens (primary N) is 1. The Labute approximate surface area is 108 Å². The molecule has 0 aromatic heterocycles. The maximum Gasteiger partial charge on any atom is 0.241 e. The Morgan fingerprint density at radius 3 is 2.88 bits per heavy atom. The number of amides is 1. The number of hydrogen-bond acceptors (Lipinski definition) is 2. The Hall–Kier alpha value is -0.580. The monoisotopic (exact) mass is 304 g/mol. The van der Waals surface area contributed by atoms with Crippen LogP contribution in [-0.4, -0.2) is 11.9 Å². The highest BCUT2D eigenvalue weighted by atomic mass is 79.9. The molecule has 3 nitrogen and oxygen atoms in total. The predicted molar refractivity (Wildman–Crippen MR) is 70.7 cm³/mol. The van der Waals surface area contributed by atoms with Crippen LogP contribution in [0.25, 0.3) is 0 Å². The first-order valence-corrected chi connectivity index (χ1v) is 6.23.